The Balaban J connectivity index is 1.22. The lowest BCUT2D eigenvalue weighted by atomic mass is 9.94. The van der Waals surface area contributed by atoms with Crippen LogP contribution in [-0.4, -0.2) is 37.4 Å². The number of nitrogens with zero attached hydrogens (tertiary/aromatic N) is 5. The van der Waals surface area contributed by atoms with Crippen molar-refractivity contribution in [3.8, 4) is 11.4 Å². The van der Waals surface area contributed by atoms with Crippen molar-refractivity contribution in [2.75, 3.05) is 6.56 Å². The summed E-state index contributed by atoms with van der Waals surface area (Å²) in [6.07, 6.45) is 8.47. The third kappa shape index (κ3) is 4.35. The molecule has 1 fully saturated rings. The smallest absolute Gasteiger partial charge is 0.253 e. The van der Waals surface area contributed by atoms with E-state index in [1.165, 1.54) is 0 Å². The molecule has 1 N–H and O–H groups in total. The molecule has 4 aromatic heterocycles. The lowest BCUT2D eigenvalue weighted by molar-refractivity contribution is -0.00692. The number of alkyl halides is 1. The van der Waals surface area contributed by atoms with Crippen LogP contribution in [0.4, 0.5) is 4.39 Å². The summed E-state index contributed by atoms with van der Waals surface area (Å²) < 4.78 is 51.6. The first-order valence-corrected chi connectivity index (χ1v) is 11.2. The lowest BCUT2D eigenvalue weighted by Crippen LogP contribution is -2.31. The van der Waals surface area contributed by atoms with Crippen LogP contribution in [0.5, 0.6) is 0 Å². The predicted molar refractivity (Wildman–Crippen MR) is 126 cm³/mol. The van der Waals surface area contributed by atoms with Crippen molar-refractivity contribution >= 4 is 16.8 Å². The third-order valence-corrected chi connectivity index (χ3v) is 6.02. The van der Waals surface area contributed by atoms with Crippen LogP contribution >= 0.6 is 0 Å². The minimum Gasteiger partial charge on any atom is -0.371 e. The van der Waals surface area contributed by atoms with Crippen molar-refractivity contribution in [1.82, 2.24) is 30.2 Å². The normalized spacial score (nSPS) is 23.9. The quantitative estimate of drug-likeness (QED) is 0.466. The van der Waals surface area contributed by atoms with E-state index in [1.54, 1.807) is 24.7 Å². The molecule has 9 heteroatoms. The van der Waals surface area contributed by atoms with Gasteiger partial charge >= 0.3 is 0 Å². The fourth-order valence-electron chi connectivity index (χ4n) is 3.90. The summed E-state index contributed by atoms with van der Waals surface area (Å²) in [6, 6.07) is 6.62. The van der Waals surface area contributed by atoms with Crippen molar-refractivity contribution < 1.29 is 19.4 Å². The second kappa shape index (κ2) is 8.42. The molecular weight excluding hydrogens is 447 g/mol. The van der Waals surface area contributed by atoms with Crippen LogP contribution in [0.25, 0.3) is 22.3 Å². The topological polar surface area (TPSA) is 103 Å². The number of aromatic nitrogens is 5. The maximum atomic E-state index is 15.4. The van der Waals surface area contributed by atoms with Crippen LogP contribution in [0.3, 0.4) is 0 Å². The Morgan fingerprint density at radius 3 is 2.91 bits per heavy atom. The molecule has 1 aliphatic heterocycles. The van der Waals surface area contributed by atoms with Gasteiger partial charge in [0.2, 0.25) is 0 Å². The van der Waals surface area contributed by atoms with Crippen LogP contribution < -0.4 is 5.32 Å². The molecule has 1 amide bonds. The first kappa shape index (κ1) is 17.6. The largest absolute Gasteiger partial charge is 0.371 e. The second-order valence-electron chi connectivity index (χ2n) is 8.78. The molecule has 5 heterocycles. The highest BCUT2D eigenvalue weighted by molar-refractivity contribution is 5.94. The number of carbonyl (C=O) groups excluding carboxylic acids is 1. The Bertz CT molecular complexity index is 1630. The highest BCUT2D eigenvalue weighted by Gasteiger charge is 2.34. The molecule has 0 aromatic carbocycles. The Labute approximate surface area is 206 Å². The Hall–Kier alpha value is -3.85. The minimum absolute atomic E-state index is 0.0341. The number of amides is 1. The molecule has 0 bridgehead atoms. The van der Waals surface area contributed by atoms with Crippen molar-refractivity contribution in [2.45, 2.75) is 44.5 Å². The Morgan fingerprint density at radius 1 is 1.17 bits per heavy atom. The molecule has 2 aliphatic rings. The monoisotopic (exact) mass is 474 g/mol. The van der Waals surface area contributed by atoms with E-state index in [1.807, 2.05) is 12.1 Å². The summed E-state index contributed by atoms with van der Waals surface area (Å²) in [6.45, 7) is -4.66. The molecule has 1 aliphatic carbocycles. The van der Waals surface area contributed by atoms with Gasteiger partial charge < -0.3 is 10.1 Å². The number of nitrogens with one attached hydrogen (secondary N) is 1. The number of rotatable bonds is 5. The molecule has 35 heavy (non-hydrogen) atoms. The van der Waals surface area contributed by atoms with E-state index in [2.05, 4.69) is 20.3 Å². The average molecular weight is 475 g/mol. The summed E-state index contributed by atoms with van der Waals surface area (Å²) in [5.41, 5.74) is -0.0555. The predicted octanol–water partition coefficient (Wildman–Crippen LogP) is 4.00. The van der Waals surface area contributed by atoms with Gasteiger partial charge in [-0.1, -0.05) is 0 Å². The van der Waals surface area contributed by atoms with Gasteiger partial charge in [-0.05, 0) is 44.0 Å². The molecule has 4 aromatic rings. The van der Waals surface area contributed by atoms with Crippen LogP contribution in [0.1, 0.15) is 64.2 Å². The zero-order chi connectivity index (χ0) is 27.6. The zero-order valence-electron chi connectivity index (χ0n) is 22.7. The second-order valence-corrected chi connectivity index (χ2v) is 8.78. The third-order valence-electron chi connectivity index (χ3n) is 6.02. The standard InChI is InChI=1S/C26H23FN6O2/c1-26(27)14-35-13-24-19(26)6-17(9-30-24)25(34)31-10-18-7-21-16(8-29-18)4-5-20(32-21)23-12-28-11-22(33-23)15-2-3-15/h4-9,11-12,15H,2-3,10,13-14H2,1H3,(H,31,34)/t26-/m1/s1/i13D2,14D2. The highest BCUT2D eigenvalue weighted by Crippen LogP contribution is 2.39. The van der Waals surface area contributed by atoms with E-state index in [-0.39, 0.29) is 17.7 Å². The number of hydrogen-bond donors (Lipinski definition) is 1. The summed E-state index contributed by atoms with van der Waals surface area (Å²) >= 11 is 0. The van der Waals surface area contributed by atoms with E-state index >= 15 is 4.39 Å². The van der Waals surface area contributed by atoms with Crippen LogP contribution in [-0.2, 0) is 23.5 Å². The molecule has 8 nitrogen and oxygen atoms in total. The van der Waals surface area contributed by atoms with E-state index in [0.717, 1.165) is 43.1 Å². The SMILES string of the molecule is [2H]C1([2H])OC([2H])([2H])[C@@](C)(F)c2cc(C(=O)NCc3cc4nc(-c5cncc(C6CC6)n5)ccc4cn3)cnc21. The Morgan fingerprint density at radius 2 is 2.06 bits per heavy atom. The fraction of sp³-hybridized carbons (Fsp3) is 0.308. The summed E-state index contributed by atoms with van der Waals surface area (Å²) in [4.78, 5) is 34.9. The Kier molecular flexibility index (Phi) is 4.23. The molecule has 0 unspecified atom stereocenters. The molecule has 0 spiro atoms. The lowest BCUT2D eigenvalue weighted by Gasteiger charge is -2.28. The van der Waals surface area contributed by atoms with Gasteiger partial charge in [0.15, 0.2) is 5.67 Å². The van der Waals surface area contributed by atoms with Gasteiger partial charge in [0.1, 0.15) is 5.69 Å². The van der Waals surface area contributed by atoms with Gasteiger partial charge in [-0.25, -0.2) is 14.4 Å². The van der Waals surface area contributed by atoms with Crippen molar-refractivity contribution in [2.24, 2.45) is 0 Å². The molecule has 0 saturated heterocycles. The first-order valence-electron chi connectivity index (χ1n) is 13.2. The summed E-state index contributed by atoms with van der Waals surface area (Å²) in [5, 5.41) is 3.51. The molecular formula is C26H23FN6O2. The van der Waals surface area contributed by atoms with Gasteiger partial charge in [0.25, 0.3) is 5.91 Å². The van der Waals surface area contributed by atoms with E-state index in [4.69, 9.17) is 20.2 Å². The average Bonchev–Trinajstić information content (AvgIpc) is 3.75. The van der Waals surface area contributed by atoms with Gasteiger partial charge in [0.05, 0.1) is 65.2 Å². The summed E-state index contributed by atoms with van der Waals surface area (Å²) in [5.74, 6) is -0.137. The number of carbonyl (C=O) groups is 1. The molecule has 0 radical (unpaired) electrons. The van der Waals surface area contributed by atoms with Gasteiger partial charge in [0, 0.05) is 35.5 Å². The van der Waals surface area contributed by atoms with Crippen LogP contribution in [0, 0.1) is 0 Å². The molecule has 6 rings (SSSR count). The van der Waals surface area contributed by atoms with Crippen molar-refractivity contribution in [1.29, 1.82) is 0 Å². The fourth-order valence-corrected chi connectivity index (χ4v) is 3.90. The maximum absolute atomic E-state index is 15.4. The van der Waals surface area contributed by atoms with E-state index < -0.39 is 30.4 Å². The minimum atomic E-state index is -2.97. The number of fused-ring (bicyclic) bond motifs is 2. The van der Waals surface area contributed by atoms with E-state index in [0.29, 0.717) is 28.5 Å². The molecule has 1 atom stereocenters. The van der Waals surface area contributed by atoms with Gasteiger partial charge in [-0.2, -0.15) is 0 Å². The van der Waals surface area contributed by atoms with E-state index in [9.17, 15) is 4.79 Å². The number of hydrogen-bond acceptors (Lipinski definition) is 7. The number of ether oxygens (including phenoxy) is 1. The zero-order valence-corrected chi connectivity index (χ0v) is 18.7. The van der Waals surface area contributed by atoms with Crippen molar-refractivity contribution in [3.63, 3.8) is 0 Å². The summed E-state index contributed by atoms with van der Waals surface area (Å²) in [7, 11) is 0. The molecule has 176 valence electrons. The van der Waals surface area contributed by atoms with Gasteiger partial charge in [-0.3, -0.25) is 19.7 Å². The highest BCUT2D eigenvalue weighted by atomic mass is 19.1. The first-order chi connectivity index (χ1) is 18.4. The number of pyridine rings is 3. The molecule has 1 saturated carbocycles. The maximum Gasteiger partial charge on any atom is 0.253 e. The van der Waals surface area contributed by atoms with Gasteiger partial charge in [-0.15, -0.1) is 0 Å². The van der Waals surface area contributed by atoms with Crippen LogP contribution in [0.2, 0.25) is 0 Å². The van der Waals surface area contributed by atoms with Crippen LogP contribution in [0.15, 0.2) is 49.1 Å². The number of halogens is 1. The van der Waals surface area contributed by atoms with Crippen molar-refractivity contribution in [3.05, 3.63) is 77.3 Å².